The zero-order valence-corrected chi connectivity index (χ0v) is 13.0. The van der Waals surface area contributed by atoms with Gasteiger partial charge in [0.1, 0.15) is 11.2 Å². The molecule has 0 aromatic carbocycles. The summed E-state index contributed by atoms with van der Waals surface area (Å²) in [7, 11) is 0. The third kappa shape index (κ3) is 2.91. The molecule has 1 saturated heterocycles. The molecule has 6 heteroatoms. The van der Waals surface area contributed by atoms with Crippen LogP contribution in [0.5, 0.6) is 0 Å². The zero-order valence-electron chi connectivity index (χ0n) is 13.0. The van der Waals surface area contributed by atoms with Crippen LogP contribution < -0.4 is 5.32 Å². The first kappa shape index (κ1) is 14.5. The topological polar surface area (TPSA) is 77.0 Å². The summed E-state index contributed by atoms with van der Waals surface area (Å²) in [6.45, 7) is 0.724. The summed E-state index contributed by atoms with van der Waals surface area (Å²) in [5.74, 6) is -0.141. The molecule has 1 aliphatic carbocycles. The molecule has 1 aliphatic heterocycles. The molecule has 1 N–H and O–H groups in total. The molecule has 6 nitrogen and oxygen atoms in total. The first-order valence-electron chi connectivity index (χ1n) is 8.27. The van der Waals surface area contributed by atoms with E-state index in [2.05, 4.69) is 20.3 Å². The quantitative estimate of drug-likeness (QED) is 0.920. The predicted molar refractivity (Wildman–Crippen MR) is 85.0 cm³/mol. The van der Waals surface area contributed by atoms with Gasteiger partial charge in [-0.05, 0) is 37.8 Å². The SMILES string of the molecule is O=C(NC1CCOC2(CCCC2)C1)c1ccc2nccnc2n1. The van der Waals surface area contributed by atoms with E-state index in [0.717, 1.165) is 32.3 Å². The molecule has 23 heavy (non-hydrogen) atoms. The van der Waals surface area contributed by atoms with Crippen LogP contribution in [0.1, 0.15) is 49.0 Å². The normalized spacial score (nSPS) is 23.2. The van der Waals surface area contributed by atoms with Gasteiger partial charge in [-0.1, -0.05) is 12.8 Å². The summed E-state index contributed by atoms with van der Waals surface area (Å²) >= 11 is 0. The minimum Gasteiger partial charge on any atom is -0.375 e. The number of carbonyl (C=O) groups excluding carboxylic acids is 1. The predicted octanol–water partition coefficient (Wildman–Crippen LogP) is 2.25. The Labute approximate surface area is 134 Å². The number of pyridine rings is 1. The fourth-order valence-electron chi connectivity index (χ4n) is 3.76. The average Bonchev–Trinajstić information content (AvgIpc) is 3.02. The van der Waals surface area contributed by atoms with Crippen LogP contribution in [0.25, 0.3) is 11.2 Å². The van der Waals surface area contributed by atoms with Crippen molar-refractivity contribution in [2.24, 2.45) is 0 Å². The molecular weight excluding hydrogens is 292 g/mol. The minimum absolute atomic E-state index is 0.00150. The summed E-state index contributed by atoms with van der Waals surface area (Å²) in [6.07, 6.45) is 9.66. The second kappa shape index (κ2) is 5.85. The van der Waals surface area contributed by atoms with Gasteiger partial charge in [0.05, 0.1) is 5.60 Å². The average molecular weight is 312 g/mol. The minimum atomic E-state index is -0.141. The number of fused-ring (bicyclic) bond motifs is 1. The molecule has 2 fully saturated rings. The fourth-order valence-corrected chi connectivity index (χ4v) is 3.76. The van der Waals surface area contributed by atoms with Crippen molar-refractivity contribution in [2.75, 3.05) is 6.61 Å². The van der Waals surface area contributed by atoms with Crippen LogP contribution >= 0.6 is 0 Å². The highest BCUT2D eigenvalue weighted by atomic mass is 16.5. The maximum absolute atomic E-state index is 12.5. The van der Waals surface area contributed by atoms with E-state index < -0.39 is 0 Å². The van der Waals surface area contributed by atoms with E-state index in [1.54, 1.807) is 24.5 Å². The van der Waals surface area contributed by atoms with E-state index in [1.807, 2.05) is 0 Å². The number of aromatic nitrogens is 3. The smallest absolute Gasteiger partial charge is 0.270 e. The Kier molecular flexibility index (Phi) is 3.69. The van der Waals surface area contributed by atoms with Crippen molar-refractivity contribution >= 4 is 17.1 Å². The number of hydrogen-bond acceptors (Lipinski definition) is 5. The Morgan fingerprint density at radius 1 is 1.22 bits per heavy atom. The lowest BCUT2D eigenvalue weighted by Crippen LogP contribution is -2.47. The van der Waals surface area contributed by atoms with Crippen LogP contribution in [0.15, 0.2) is 24.5 Å². The highest BCUT2D eigenvalue weighted by Gasteiger charge is 2.40. The van der Waals surface area contributed by atoms with E-state index in [-0.39, 0.29) is 17.6 Å². The van der Waals surface area contributed by atoms with Gasteiger partial charge in [-0.3, -0.25) is 9.78 Å². The maximum atomic E-state index is 12.5. The van der Waals surface area contributed by atoms with Gasteiger partial charge in [0.15, 0.2) is 5.65 Å². The second-order valence-electron chi connectivity index (χ2n) is 6.50. The fraction of sp³-hybridized carbons (Fsp3) is 0.529. The summed E-state index contributed by atoms with van der Waals surface area (Å²) in [4.78, 5) is 25.1. The van der Waals surface area contributed by atoms with Crippen molar-refractivity contribution in [3.8, 4) is 0 Å². The number of hydrogen-bond donors (Lipinski definition) is 1. The lowest BCUT2D eigenvalue weighted by atomic mass is 9.89. The van der Waals surface area contributed by atoms with Gasteiger partial charge in [-0.15, -0.1) is 0 Å². The van der Waals surface area contributed by atoms with Crippen molar-refractivity contribution in [2.45, 2.75) is 50.2 Å². The number of nitrogens with one attached hydrogen (secondary N) is 1. The van der Waals surface area contributed by atoms with E-state index >= 15 is 0 Å². The Hall–Kier alpha value is -2.08. The van der Waals surface area contributed by atoms with Gasteiger partial charge in [0, 0.05) is 25.0 Å². The van der Waals surface area contributed by atoms with Crippen LogP contribution in [0, 0.1) is 0 Å². The van der Waals surface area contributed by atoms with Crippen LogP contribution in [0.4, 0.5) is 0 Å². The van der Waals surface area contributed by atoms with Gasteiger partial charge in [0.2, 0.25) is 0 Å². The molecule has 1 unspecified atom stereocenters. The number of carbonyl (C=O) groups is 1. The molecule has 3 heterocycles. The summed E-state index contributed by atoms with van der Waals surface area (Å²) in [6, 6.07) is 3.65. The first-order chi connectivity index (χ1) is 11.2. The molecule has 2 aromatic rings. The molecule has 2 aliphatic rings. The molecule has 1 amide bonds. The van der Waals surface area contributed by atoms with Crippen molar-refractivity contribution in [3.63, 3.8) is 0 Å². The summed E-state index contributed by atoms with van der Waals surface area (Å²) < 4.78 is 6.02. The Morgan fingerprint density at radius 3 is 2.91 bits per heavy atom. The van der Waals surface area contributed by atoms with Gasteiger partial charge >= 0.3 is 0 Å². The maximum Gasteiger partial charge on any atom is 0.270 e. The molecule has 1 atom stereocenters. The Morgan fingerprint density at radius 2 is 2.04 bits per heavy atom. The monoisotopic (exact) mass is 312 g/mol. The highest BCUT2D eigenvalue weighted by molar-refractivity contribution is 5.94. The van der Waals surface area contributed by atoms with Gasteiger partial charge in [-0.25, -0.2) is 9.97 Å². The van der Waals surface area contributed by atoms with Crippen molar-refractivity contribution < 1.29 is 9.53 Å². The number of rotatable bonds is 2. The third-order valence-corrected chi connectivity index (χ3v) is 4.91. The van der Waals surface area contributed by atoms with E-state index in [9.17, 15) is 4.79 Å². The van der Waals surface area contributed by atoms with Crippen LogP contribution in [0.3, 0.4) is 0 Å². The highest BCUT2D eigenvalue weighted by Crippen LogP contribution is 2.39. The number of ether oxygens (including phenoxy) is 1. The number of nitrogens with zero attached hydrogens (tertiary/aromatic N) is 3. The number of amides is 1. The second-order valence-corrected chi connectivity index (χ2v) is 6.50. The Bertz CT molecular complexity index is 727. The van der Waals surface area contributed by atoms with Crippen LogP contribution in [0.2, 0.25) is 0 Å². The van der Waals surface area contributed by atoms with Crippen molar-refractivity contribution in [1.29, 1.82) is 0 Å². The standard InChI is InChI=1S/C17H20N4O2/c22-16(14-4-3-13-15(21-14)19-9-8-18-13)20-12-5-10-23-17(11-12)6-1-2-7-17/h3-4,8-9,12H,1-2,5-7,10-11H2,(H,20,22). The lowest BCUT2D eigenvalue weighted by Gasteiger charge is -2.38. The summed E-state index contributed by atoms with van der Waals surface area (Å²) in [5.41, 5.74) is 1.59. The van der Waals surface area contributed by atoms with E-state index in [1.165, 1.54) is 12.8 Å². The van der Waals surface area contributed by atoms with Crippen molar-refractivity contribution in [3.05, 3.63) is 30.2 Å². The molecule has 0 radical (unpaired) electrons. The van der Waals surface area contributed by atoms with Crippen LogP contribution in [-0.2, 0) is 4.74 Å². The van der Waals surface area contributed by atoms with E-state index in [0.29, 0.717) is 16.9 Å². The first-order valence-corrected chi connectivity index (χ1v) is 8.27. The van der Waals surface area contributed by atoms with Gasteiger partial charge in [0.25, 0.3) is 5.91 Å². The third-order valence-electron chi connectivity index (χ3n) is 4.91. The summed E-state index contributed by atoms with van der Waals surface area (Å²) in [5, 5.41) is 3.12. The lowest BCUT2D eigenvalue weighted by molar-refractivity contribution is -0.0823. The van der Waals surface area contributed by atoms with Crippen molar-refractivity contribution in [1.82, 2.24) is 20.3 Å². The van der Waals surface area contributed by atoms with Gasteiger partial charge in [-0.2, -0.15) is 0 Å². The molecule has 2 aromatic heterocycles. The molecular formula is C17H20N4O2. The molecule has 0 bridgehead atoms. The molecule has 1 saturated carbocycles. The molecule has 120 valence electrons. The van der Waals surface area contributed by atoms with Crippen LogP contribution in [-0.4, -0.2) is 39.1 Å². The Balaban J connectivity index is 1.48. The molecule has 4 rings (SSSR count). The van der Waals surface area contributed by atoms with E-state index in [4.69, 9.17) is 4.74 Å². The van der Waals surface area contributed by atoms with Gasteiger partial charge < -0.3 is 10.1 Å². The largest absolute Gasteiger partial charge is 0.375 e. The zero-order chi connectivity index (χ0) is 15.7. The molecule has 1 spiro atoms.